The van der Waals surface area contributed by atoms with Crippen LogP contribution in [-0.4, -0.2) is 110 Å². The molecule has 1 rings (SSSR count). The number of carbonyl (C=O) groups excluding carboxylic acids is 1. The fraction of sp³-hybridized carbons (Fsp3) is 0.827. The van der Waals surface area contributed by atoms with Gasteiger partial charge in [0.15, 0.2) is 6.29 Å². The predicted molar refractivity (Wildman–Crippen MR) is 256 cm³/mol. The maximum absolute atomic E-state index is 13.1. The molecule has 1 aliphatic rings. The minimum Gasteiger partial charge on any atom is -0.394 e. The Morgan fingerprint density at radius 3 is 1.41 bits per heavy atom. The summed E-state index contributed by atoms with van der Waals surface area (Å²) in [5, 5.41) is 75.8. The Hall–Kier alpha value is -1.93. The Morgan fingerprint density at radius 1 is 0.540 bits per heavy atom. The monoisotopic (exact) mass is 894 g/mol. The van der Waals surface area contributed by atoms with Crippen molar-refractivity contribution < 1.29 is 50.0 Å². The zero-order chi connectivity index (χ0) is 46.2. The molecule has 368 valence electrons. The molecule has 0 bridgehead atoms. The number of rotatable bonds is 42. The minimum absolute atomic E-state index is 0.234. The Kier molecular flexibility index (Phi) is 38.9. The Bertz CT molecular complexity index is 1160. The van der Waals surface area contributed by atoms with Crippen molar-refractivity contribution in [3.8, 4) is 0 Å². The molecule has 0 aromatic rings. The van der Waals surface area contributed by atoms with Crippen LogP contribution in [0.4, 0.5) is 0 Å². The summed E-state index contributed by atoms with van der Waals surface area (Å²) in [6.07, 6.45) is 38.7. The zero-order valence-electron chi connectivity index (χ0n) is 39.8. The van der Waals surface area contributed by atoms with Crippen LogP contribution < -0.4 is 5.32 Å². The highest BCUT2D eigenvalue weighted by molar-refractivity contribution is 5.80. The SMILES string of the molecule is CCCCCCCC/C=C/CC/C=C/CC/C=C/CCCC(O)C(O)C(COC1OC(CO)C(O)C(O)C1O)NC(=O)C(O)CCCCCC/C=C\CCCCCCCCCCC. The Labute approximate surface area is 383 Å². The third-order valence-corrected chi connectivity index (χ3v) is 12.1. The maximum atomic E-state index is 13.1. The van der Waals surface area contributed by atoms with E-state index in [9.17, 15) is 40.5 Å². The number of ether oxygens (including phenoxy) is 2. The number of aliphatic hydroxyl groups is 7. The minimum atomic E-state index is -1.68. The number of allylic oxidation sites excluding steroid dienone is 8. The standard InChI is InChI=1S/C52H95NO10/c1-3-5-7-9-11-13-15-17-19-21-22-24-25-27-29-31-33-35-37-39-44(55)47(57)43(42-62-52-50(60)49(59)48(58)46(41-54)63-52)53-51(61)45(56)40-38-36-34-32-30-28-26-23-20-18-16-14-12-10-8-6-4-2/h17,19,24-26,28,31,33,43-50,52,54-60H,3-16,18,20-23,27,29-30,32,34-42H2,1-2H3,(H,53,61)/b19-17+,25-24+,28-26-,33-31+. The number of hydrogen-bond donors (Lipinski definition) is 8. The number of aliphatic hydroxyl groups excluding tert-OH is 7. The number of amides is 1. The lowest BCUT2D eigenvalue weighted by Crippen LogP contribution is -2.60. The van der Waals surface area contributed by atoms with Gasteiger partial charge in [0.05, 0.1) is 25.4 Å². The van der Waals surface area contributed by atoms with E-state index in [4.69, 9.17) is 9.47 Å². The highest BCUT2D eigenvalue weighted by Gasteiger charge is 2.44. The van der Waals surface area contributed by atoms with Gasteiger partial charge in [0, 0.05) is 0 Å². The maximum Gasteiger partial charge on any atom is 0.249 e. The first-order valence-corrected chi connectivity index (χ1v) is 25.5. The van der Waals surface area contributed by atoms with Crippen LogP contribution in [0.15, 0.2) is 48.6 Å². The molecule has 0 aromatic heterocycles. The molecule has 1 heterocycles. The van der Waals surface area contributed by atoms with Crippen molar-refractivity contribution in [3.05, 3.63) is 48.6 Å². The van der Waals surface area contributed by atoms with Crippen molar-refractivity contribution in [1.29, 1.82) is 0 Å². The van der Waals surface area contributed by atoms with Gasteiger partial charge in [0.25, 0.3) is 0 Å². The molecule has 63 heavy (non-hydrogen) atoms. The van der Waals surface area contributed by atoms with E-state index in [2.05, 4.69) is 67.8 Å². The second kappa shape index (κ2) is 41.5. The molecule has 0 saturated carbocycles. The topological polar surface area (TPSA) is 189 Å². The lowest BCUT2D eigenvalue weighted by Gasteiger charge is -2.40. The predicted octanol–water partition coefficient (Wildman–Crippen LogP) is 9.34. The highest BCUT2D eigenvalue weighted by atomic mass is 16.7. The lowest BCUT2D eigenvalue weighted by atomic mass is 9.98. The molecule has 1 amide bonds. The molecule has 1 aliphatic heterocycles. The van der Waals surface area contributed by atoms with Crippen LogP contribution in [0, 0.1) is 0 Å². The van der Waals surface area contributed by atoms with E-state index in [-0.39, 0.29) is 12.8 Å². The molecular weight excluding hydrogens is 799 g/mol. The normalized spacial score (nSPS) is 21.6. The van der Waals surface area contributed by atoms with Crippen LogP contribution in [0.3, 0.4) is 0 Å². The van der Waals surface area contributed by atoms with E-state index in [1.807, 2.05) is 0 Å². The van der Waals surface area contributed by atoms with Gasteiger partial charge in [-0.05, 0) is 89.9 Å². The van der Waals surface area contributed by atoms with Crippen LogP contribution in [0.5, 0.6) is 0 Å². The molecule has 0 radical (unpaired) electrons. The highest BCUT2D eigenvalue weighted by Crippen LogP contribution is 2.23. The van der Waals surface area contributed by atoms with Crippen LogP contribution in [0.25, 0.3) is 0 Å². The zero-order valence-corrected chi connectivity index (χ0v) is 39.8. The van der Waals surface area contributed by atoms with Crippen LogP contribution in [0.1, 0.15) is 206 Å². The first kappa shape index (κ1) is 59.1. The van der Waals surface area contributed by atoms with Gasteiger partial charge in [-0.15, -0.1) is 0 Å². The Balaban J connectivity index is 2.46. The number of carbonyl (C=O) groups is 1. The summed E-state index contributed by atoms with van der Waals surface area (Å²) in [6.45, 7) is 3.41. The van der Waals surface area contributed by atoms with E-state index in [0.717, 1.165) is 57.8 Å². The third kappa shape index (κ3) is 30.8. The molecule has 0 aliphatic carbocycles. The quantitative estimate of drug-likeness (QED) is 0.0217. The molecular formula is C52H95NO10. The van der Waals surface area contributed by atoms with Gasteiger partial charge in [-0.3, -0.25) is 4.79 Å². The van der Waals surface area contributed by atoms with Crippen molar-refractivity contribution in [2.24, 2.45) is 0 Å². The summed E-state index contributed by atoms with van der Waals surface area (Å²) in [5.41, 5.74) is 0. The number of hydrogen-bond acceptors (Lipinski definition) is 10. The van der Waals surface area contributed by atoms with Crippen molar-refractivity contribution >= 4 is 5.91 Å². The smallest absolute Gasteiger partial charge is 0.249 e. The second-order valence-corrected chi connectivity index (χ2v) is 17.9. The van der Waals surface area contributed by atoms with Gasteiger partial charge in [-0.25, -0.2) is 0 Å². The van der Waals surface area contributed by atoms with E-state index < -0.39 is 74.2 Å². The molecule has 0 aromatic carbocycles. The van der Waals surface area contributed by atoms with E-state index in [1.165, 1.54) is 103 Å². The Morgan fingerprint density at radius 2 is 0.952 bits per heavy atom. The summed E-state index contributed by atoms with van der Waals surface area (Å²) in [7, 11) is 0. The first-order valence-electron chi connectivity index (χ1n) is 25.5. The fourth-order valence-electron chi connectivity index (χ4n) is 7.82. The number of unbranched alkanes of at least 4 members (excludes halogenated alkanes) is 22. The summed E-state index contributed by atoms with van der Waals surface area (Å²) in [4.78, 5) is 13.1. The molecule has 8 N–H and O–H groups in total. The van der Waals surface area contributed by atoms with Gasteiger partial charge in [-0.2, -0.15) is 0 Å². The van der Waals surface area contributed by atoms with Crippen molar-refractivity contribution in [1.82, 2.24) is 5.32 Å². The summed E-state index contributed by atoms with van der Waals surface area (Å²) in [5.74, 6) is -0.722. The van der Waals surface area contributed by atoms with E-state index in [1.54, 1.807) is 0 Å². The summed E-state index contributed by atoms with van der Waals surface area (Å²) >= 11 is 0. The first-order chi connectivity index (χ1) is 30.7. The molecule has 9 atom stereocenters. The van der Waals surface area contributed by atoms with Crippen LogP contribution in [-0.2, 0) is 14.3 Å². The van der Waals surface area contributed by atoms with Crippen molar-refractivity contribution in [2.45, 2.75) is 262 Å². The van der Waals surface area contributed by atoms with E-state index >= 15 is 0 Å². The van der Waals surface area contributed by atoms with Gasteiger partial charge in [-0.1, -0.05) is 165 Å². The molecule has 11 nitrogen and oxygen atoms in total. The van der Waals surface area contributed by atoms with Crippen LogP contribution >= 0.6 is 0 Å². The lowest BCUT2D eigenvalue weighted by molar-refractivity contribution is -0.303. The van der Waals surface area contributed by atoms with Crippen molar-refractivity contribution in [3.63, 3.8) is 0 Å². The second-order valence-electron chi connectivity index (χ2n) is 17.9. The van der Waals surface area contributed by atoms with E-state index in [0.29, 0.717) is 19.3 Å². The summed E-state index contributed by atoms with van der Waals surface area (Å²) < 4.78 is 11.1. The van der Waals surface area contributed by atoms with Gasteiger partial charge in [0.1, 0.15) is 36.6 Å². The molecule has 11 heteroatoms. The fourth-order valence-corrected chi connectivity index (χ4v) is 7.82. The van der Waals surface area contributed by atoms with Gasteiger partial charge in [0.2, 0.25) is 5.91 Å². The van der Waals surface area contributed by atoms with Gasteiger partial charge >= 0.3 is 0 Å². The summed E-state index contributed by atoms with van der Waals surface area (Å²) in [6, 6.07) is -1.20. The molecule has 9 unspecified atom stereocenters. The molecule has 1 saturated heterocycles. The van der Waals surface area contributed by atoms with Crippen LogP contribution in [0.2, 0.25) is 0 Å². The average Bonchev–Trinajstić information content (AvgIpc) is 3.28. The molecule has 0 spiro atoms. The van der Waals surface area contributed by atoms with Crippen molar-refractivity contribution in [2.75, 3.05) is 13.2 Å². The third-order valence-electron chi connectivity index (χ3n) is 12.1. The molecule has 1 fully saturated rings. The number of nitrogens with one attached hydrogen (secondary N) is 1. The van der Waals surface area contributed by atoms with Gasteiger partial charge < -0.3 is 50.5 Å². The average molecular weight is 894 g/mol. The largest absolute Gasteiger partial charge is 0.394 e.